The fourth-order valence-corrected chi connectivity index (χ4v) is 0.779. The Morgan fingerprint density at radius 3 is 1.65 bits per heavy atom. The summed E-state index contributed by atoms with van der Waals surface area (Å²) in [5.41, 5.74) is 0. The number of carboxylic acid groups (broad SMARTS) is 1. The van der Waals surface area contributed by atoms with E-state index >= 15 is 0 Å². The molecule has 0 bridgehead atoms. The Morgan fingerprint density at radius 2 is 1.35 bits per heavy atom. The third-order valence-electron chi connectivity index (χ3n) is 1.81. The molecule has 0 aromatic heterocycles. The first-order chi connectivity index (χ1) is 8.59. The second-order valence-electron chi connectivity index (χ2n) is 3.29. The van der Waals surface area contributed by atoms with Crippen LogP contribution < -0.4 is 0 Å². The van der Waals surface area contributed by atoms with E-state index < -0.39 is 42.9 Å². The Morgan fingerprint density at radius 1 is 0.950 bits per heavy atom. The SMILES string of the molecule is O=C(O)COC(F)C(F)(F)C(F)(F)C(F)(F)C(F)(F)F. The van der Waals surface area contributed by atoms with Gasteiger partial charge in [0, 0.05) is 0 Å². The lowest BCUT2D eigenvalue weighted by Crippen LogP contribution is -2.64. The number of hydrogen-bond acceptors (Lipinski definition) is 2. The summed E-state index contributed by atoms with van der Waals surface area (Å²) in [7, 11) is 0. The highest BCUT2D eigenvalue weighted by Gasteiger charge is 2.83. The molecule has 120 valence electrons. The average Bonchev–Trinajstić information content (AvgIpc) is 2.23. The molecule has 1 atom stereocenters. The fraction of sp³-hybridized carbons (Fsp3) is 0.857. The predicted molar refractivity (Wildman–Crippen MR) is 39.4 cm³/mol. The highest BCUT2D eigenvalue weighted by molar-refractivity contribution is 5.68. The Bertz CT molecular complexity index is 362. The lowest BCUT2D eigenvalue weighted by atomic mass is 10.0. The highest BCUT2D eigenvalue weighted by Crippen LogP contribution is 2.54. The first-order valence-electron chi connectivity index (χ1n) is 4.26. The van der Waals surface area contributed by atoms with Crippen molar-refractivity contribution in [2.24, 2.45) is 0 Å². The van der Waals surface area contributed by atoms with E-state index in [0.29, 0.717) is 0 Å². The third-order valence-corrected chi connectivity index (χ3v) is 1.81. The minimum Gasteiger partial charge on any atom is -0.480 e. The summed E-state index contributed by atoms with van der Waals surface area (Å²) in [6.07, 6.45) is -11.8. The molecule has 3 nitrogen and oxygen atoms in total. The van der Waals surface area contributed by atoms with Crippen LogP contribution in [-0.2, 0) is 9.53 Å². The van der Waals surface area contributed by atoms with Crippen molar-refractivity contribution in [2.75, 3.05) is 6.61 Å². The number of carboxylic acids is 1. The first-order valence-corrected chi connectivity index (χ1v) is 4.26. The van der Waals surface area contributed by atoms with Crippen LogP contribution in [0.1, 0.15) is 0 Å². The molecular weight excluding hydrogens is 322 g/mol. The Labute approximate surface area is 103 Å². The van der Waals surface area contributed by atoms with Gasteiger partial charge >= 0.3 is 29.9 Å². The van der Waals surface area contributed by atoms with Crippen LogP contribution in [-0.4, -0.2) is 48.0 Å². The molecule has 0 aliphatic carbocycles. The van der Waals surface area contributed by atoms with Crippen LogP contribution >= 0.6 is 0 Å². The van der Waals surface area contributed by atoms with Gasteiger partial charge in [-0.05, 0) is 0 Å². The van der Waals surface area contributed by atoms with Crippen LogP contribution in [0.4, 0.5) is 43.9 Å². The Kier molecular flexibility index (Phi) is 4.92. The molecule has 1 N–H and O–H groups in total. The van der Waals surface area contributed by atoms with Crippen LogP contribution in [0.3, 0.4) is 0 Å². The maximum Gasteiger partial charge on any atom is 0.460 e. The van der Waals surface area contributed by atoms with Gasteiger partial charge in [-0.3, -0.25) is 0 Å². The molecular formula is C7H4F10O3. The number of hydrogen-bond donors (Lipinski definition) is 1. The summed E-state index contributed by atoms with van der Waals surface area (Å²) < 4.78 is 125. The molecule has 0 aromatic carbocycles. The number of halogens is 10. The average molecular weight is 326 g/mol. The maximum absolute atomic E-state index is 12.6. The fourth-order valence-electron chi connectivity index (χ4n) is 0.779. The normalized spacial score (nSPS) is 16.1. The van der Waals surface area contributed by atoms with Crippen molar-refractivity contribution in [2.45, 2.75) is 30.3 Å². The first kappa shape index (κ1) is 18.7. The molecule has 13 heteroatoms. The van der Waals surface area contributed by atoms with E-state index in [0.717, 1.165) is 0 Å². The maximum atomic E-state index is 12.6. The van der Waals surface area contributed by atoms with Crippen molar-refractivity contribution in [3.05, 3.63) is 0 Å². The molecule has 0 spiro atoms. The van der Waals surface area contributed by atoms with E-state index in [1.54, 1.807) is 0 Å². The van der Waals surface area contributed by atoms with Gasteiger partial charge in [0.15, 0.2) is 0 Å². The number of ether oxygens (including phenoxy) is 1. The zero-order valence-corrected chi connectivity index (χ0v) is 8.83. The van der Waals surface area contributed by atoms with Gasteiger partial charge in [-0.25, -0.2) is 9.18 Å². The van der Waals surface area contributed by atoms with Crippen LogP contribution in [0, 0.1) is 0 Å². The van der Waals surface area contributed by atoms with Crippen LogP contribution in [0.2, 0.25) is 0 Å². The lowest BCUT2D eigenvalue weighted by Gasteiger charge is -2.34. The van der Waals surface area contributed by atoms with Crippen molar-refractivity contribution in [1.82, 2.24) is 0 Å². The number of rotatable bonds is 6. The lowest BCUT2D eigenvalue weighted by molar-refractivity contribution is -0.415. The topological polar surface area (TPSA) is 46.5 Å². The minimum atomic E-state index is -7.26. The quantitative estimate of drug-likeness (QED) is 0.764. The van der Waals surface area contributed by atoms with E-state index in [2.05, 4.69) is 4.74 Å². The standard InChI is InChI=1S/C7H4F10O3/c8-3(20-1-2(18)19)4(9,10)5(11,12)6(13,14)7(15,16)17/h3H,1H2,(H,18,19). The van der Waals surface area contributed by atoms with Crippen molar-refractivity contribution in [3.63, 3.8) is 0 Å². The molecule has 0 aromatic rings. The van der Waals surface area contributed by atoms with Crippen molar-refractivity contribution < 1.29 is 58.5 Å². The van der Waals surface area contributed by atoms with Gasteiger partial charge in [0.05, 0.1) is 0 Å². The van der Waals surface area contributed by atoms with E-state index in [4.69, 9.17) is 5.11 Å². The molecule has 0 saturated heterocycles. The van der Waals surface area contributed by atoms with E-state index in [1.165, 1.54) is 0 Å². The summed E-state index contributed by atoms with van der Waals surface area (Å²) in [4.78, 5) is 9.78. The van der Waals surface area contributed by atoms with Crippen molar-refractivity contribution >= 4 is 5.97 Å². The highest BCUT2D eigenvalue weighted by atomic mass is 19.4. The summed E-state index contributed by atoms with van der Waals surface area (Å²) >= 11 is 0. The van der Waals surface area contributed by atoms with Gasteiger partial charge in [-0.15, -0.1) is 0 Å². The summed E-state index contributed by atoms with van der Waals surface area (Å²) in [6, 6.07) is 0. The molecule has 0 aliphatic heterocycles. The Hall–Kier alpha value is -1.27. The second kappa shape index (κ2) is 5.26. The summed E-state index contributed by atoms with van der Waals surface area (Å²) in [6.45, 7) is -1.95. The van der Waals surface area contributed by atoms with Gasteiger partial charge in [-0.1, -0.05) is 0 Å². The number of alkyl halides is 10. The zero-order chi connectivity index (χ0) is 16.6. The van der Waals surface area contributed by atoms with Crippen molar-refractivity contribution in [1.29, 1.82) is 0 Å². The number of aliphatic carboxylic acids is 1. The molecule has 1 unspecified atom stereocenters. The van der Waals surface area contributed by atoms with E-state index in [9.17, 15) is 48.7 Å². The third kappa shape index (κ3) is 3.07. The van der Waals surface area contributed by atoms with Gasteiger partial charge in [0.1, 0.15) is 6.61 Å². The molecule has 0 aliphatic rings. The van der Waals surface area contributed by atoms with Gasteiger partial charge in [-0.2, -0.15) is 39.5 Å². The molecule has 20 heavy (non-hydrogen) atoms. The van der Waals surface area contributed by atoms with Gasteiger partial charge < -0.3 is 9.84 Å². The predicted octanol–water partition coefficient (Wildman–Crippen LogP) is 2.85. The minimum absolute atomic E-state index is 1.95. The van der Waals surface area contributed by atoms with Crippen LogP contribution in [0.5, 0.6) is 0 Å². The molecule has 0 rings (SSSR count). The molecule has 0 fully saturated rings. The smallest absolute Gasteiger partial charge is 0.460 e. The largest absolute Gasteiger partial charge is 0.480 e. The van der Waals surface area contributed by atoms with Crippen LogP contribution in [0.15, 0.2) is 0 Å². The van der Waals surface area contributed by atoms with Crippen molar-refractivity contribution in [3.8, 4) is 0 Å². The zero-order valence-electron chi connectivity index (χ0n) is 8.83. The van der Waals surface area contributed by atoms with E-state index in [1.807, 2.05) is 0 Å². The Balaban J connectivity index is 5.40. The monoisotopic (exact) mass is 326 g/mol. The molecule has 0 heterocycles. The number of carbonyl (C=O) groups is 1. The van der Waals surface area contributed by atoms with Crippen LogP contribution in [0.25, 0.3) is 0 Å². The molecule has 0 saturated carbocycles. The second-order valence-corrected chi connectivity index (χ2v) is 3.29. The molecule has 0 amide bonds. The van der Waals surface area contributed by atoms with Gasteiger partial charge in [0.2, 0.25) is 0 Å². The van der Waals surface area contributed by atoms with E-state index in [-0.39, 0.29) is 0 Å². The summed E-state index contributed by atoms with van der Waals surface area (Å²) in [5.74, 6) is -23.2. The van der Waals surface area contributed by atoms with Gasteiger partial charge in [0.25, 0.3) is 6.36 Å². The summed E-state index contributed by atoms with van der Waals surface area (Å²) in [5, 5.41) is 7.87. The molecule has 0 radical (unpaired) electrons.